The lowest BCUT2D eigenvalue weighted by atomic mass is 10.1. The van der Waals surface area contributed by atoms with Gasteiger partial charge in [-0.25, -0.2) is 13.8 Å². The summed E-state index contributed by atoms with van der Waals surface area (Å²) in [6.07, 6.45) is 0. The lowest BCUT2D eigenvalue weighted by molar-refractivity contribution is -0.387. The quantitative estimate of drug-likeness (QED) is 0.441. The molecule has 10 heteroatoms. The maximum atomic E-state index is 13.8. The summed E-state index contributed by atoms with van der Waals surface area (Å²) in [5.74, 6) is -6.81. The summed E-state index contributed by atoms with van der Waals surface area (Å²) in [7, 11) is 0. The Hall–Kier alpha value is -3.43. The number of anilines is 1. The number of halogens is 3. The van der Waals surface area contributed by atoms with E-state index in [1.165, 1.54) is 12.1 Å². The molecule has 0 aliphatic heterocycles. The molecule has 1 heterocycles. The first kappa shape index (κ1) is 16.4. The zero-order valence-electron chi connectivity index (χ0n) is 12.5. The van der Waals surface area contributed by atoms with Crippen molar-refractivity contribution in [1.82, 2.24) is 4.98 Å². The standard InChI is InChI=1S/C15H8F3N3O4/c1-6-19-8-3-2-4-9(14(8)25-6)20-15(22)7-5-10(21(23)24)12(17)13(18)11(7)16/h2-5H,1H3,(H,20,22). The summed E-state index contributed by atoms with van der Waals surface area (Å²) >= 11 is 0. The lowest BCUT2D eigenvalue weighted by Gasteiger charge is -2.07. The Bertz CT molecular complexity index is 1030. The first-order chi connectivity index (χ1) is 11.8. The molecule has 3 rings (SSSR count). The number of carbonyl (C=O) groups is 1. The molecule has 0 saturated heterocycles. The highest BCUT2D eigenvalue weighted by Gasteiger charge is 2.28. The van der Waals surface area contributed by atoms with Crippen LogP contribution in [0.1, 0.15) is 16.2 Å². The molecule has 0 radical (unpaired) electrons. The summed E-state index contributed by atoms with van der Waals surface area (Å²) < 4.78 is 46.0. The molecule has 7 nitrogen and oxygen atoms in total. The van der Waals surface area contributed by atoms with Crippen LogP contribution < -0.4 is 5.32 Å². The minimum absolute atomic E-state index is 0.0925. The lowest BCUT2D eigenvalue weighted by Crippen LogP contribution is -2.16. The van der Waals surface area contributed by atoms with Crippen molar-refractivity contribution in [3.63, 3.8) is 0 Å². The van der Waals surface area contributed by atoms with Gasteiger partial charge in [-0.3, -0.25) is 14.9 Å². The van der Waals surface area contributed by atoms with Crippen LogP contribution in [0.5, 0.6) is 0 Å². The van der Waals surface area contributed by atoms with E-state index in [0.29, 0.717) is 17.5 Å². The zero-order valence-corrected chi connectivity index (χ0v) is 12.5. The van der Waals surface area contributed by atoms with Crippen LogP contribution in [0.2, 0.25) is 0 Å². The van der Waals surface area contributed by atoms with Gasteiger partial charge in [0.2, 0.25) is 11.6 Å². The predicted octanol–water partition coefficient (Wildman–Crippen LogP) is 3.71. The van der Waals surface area contributed by atoms with E-state index in [1.807, 2.05) is 0 Å². The molecule has 0 unspecified atom stereocenters. The van der Waals surface area contributed by atoms with Crippen LogP contribution in [0.15, 0.2) is 28.7 Å². The molecule has 128 valence electrons. The second-order valence-corrected chi connectivity index (χ2v) is 4.98. The second-order valence-electron chi connectivity index (χ2n) is 4.98. The van der Waals surface area contributed by atoms with Crippen LogP contribution >= 0.6 is 0 Å². The van der Waals surface area contributed by atoms with Gasteiger partial charge in [0, 0.05) is 13.0 Å². The number of rotatable bonds is 3. The van der Waals surface area contributed by atoms with Gasteiger partial charge in [0.1, 0.15) is 5.52 Å². The molecular weight excluding hydrogens is 343 g/mol. The van der Waals surface area contributed by atoms with E-state index >= 15 is 0 Å². The number of aromatic nitrogens is 1. The fraction of sp³-hybridized carbons (Fsp3) is 0.0667. The Morgan fingerprint density at radius 3 is 2.64 bits per heavy atom. The van der Waals surface area contributed by atoms with E-state index < -0.39 is 39.5 Å². The number of hydrogen-bond acceptors (Lipinski definition) is 5. The molecule has 2 aromatic carbocycles. The molecule has 0 saturated carbocycles. The average Bonchev–Trinajstić information content (AvgIpc) is 2.93. The normalized spacial score (nSPS) is 10.9. The Morgan fingerprint density at radius 1 is 1.24 bits per heavy atom. The minimum atomic E-state index is -2.10. The van der Waals surface area contributed by atoms with Crippen LogP contribution in [-0.2, 0) is 0 Å². The molecule has 25 heavy (non-hydrogen) atoms. The summed E-state index contributed by atoms with van der Waals surface area (Å²) in [6.45, 7) is 1.57. The van der Waals surface area contributed by atoms with E-state index in [2.05, 4.69) is 10.3 Å². The SMILES string of the molecule is Cc1nc2cccc(NC(=O)c3cc([N+](=O)[O-])c(F)c(F)c3F)c2o1. The Morgan fingerprint density at radius 2 is 1.96 bits per heavy atom. The number of nitro groups is 1. The highest BCUT2D eigenvalue weighted by atomic mass is 19.2. The number of amides is 1. The van der Waals surface area contributed by atoms with Gasteiger partial charge in [-0.2, -0.15) is 4.39 Å². The van der Waals surface area contributed by atoms with Crippen molar-refractivity contribution in [2.75, 3.05) is 5.32 Å². The fourth-order valence-electron chi connectivity index (χ4n) is 2.24. The number of aryl methyl sites for hydroxylation is 1. The van der Waals surface area contributed by atoms with Crippen molar-refractivity contribution < 1.29 is 27.3 Å². The maximum Gasteiger partial charge on any atom is 0.308 e. The first-order valence-electron chi connectivity index (χ1n) is 6.79. The van der Waals surface area contributed by atoms with Crippen LogP contribution in [0.3, 0.4) is 0 Å². The summed E-state index contributed by atoms with van der Waals surface area (Å²) in [4.78, 5) is 25.7. The number of nitrogens with zero attached hydrogens (tertiary/aromatic N) is 2. The average molecular weight is 351 g/mol. The number of carbonyl (C=O) groups excluding carboxylic acids is 1. The van der Waals surface area contributed by atoms with Crippen molar-refractivity contribution in [1.29, 1.82) is 0 Å². The highest BCUT2D eigenvalue weighted by Crippen LogP contribution is 2.28. The predicted molar refractivity (Wildman–Crippen MR) is 79.7 cm³/mol. The van der Waals surface area contributed by atoms with Gasteiger partial charge in [0.05, 0.1) is 16.2 Å². The number of fused-ring (bicyclic) bond motifs is 1. The minimum Gasteiger partial charge on any atom is -0.439 e. The smallest absolute Gasteiger partial charge is 0.308 e. The zero-order chi connectivity index (χ0) is 18.3. The van der Waals surface area contributed by atoms with Crippen molar-refractivity contribution in [3.05, 3.63) is 63.3 Å². The van der Waals surface area contributed by atoms with E-state index in [9.17, 15) is 28.1 Å². The maximum absolute atomic E-state index is 13.8. The molecule has 1 aromatic heterocycles. The number of benzene rings is 2. The van der Waals surface area contributed by atoms with Gasteiger partial charge < -0.3 is 9.73 Å². The molecule has 3 aromatic rings. The molecule has 0 bridgehead atoms. The van der Waals surface area contributed by atoms with Gasteiger partial charge in [0.25, 0.3) is 5.91 Å². The molecule has 1 amide bonds. The number of nitrogens with one attached hydrogen (secondary N) is 1. The monoisotopic (exact) mass is 351 g/mol. The molecule has 0 atom stereocenters. The Balaban J connectivity index is 2.05. The van der Waals surface area contributed by atoms with E-state index in [0.717, 1.165) is 0 Å². The van der Waals surface area contributed by atoms with E-state index in [-0.39, 0.29) is 11.3 Å². The fourth-order valence-corrected chi connectivity index (χ4v) is 2.24. The van der Waals surface area contributed by atoms with Crippen LogP contribution in [-0.4, -0.2) is 15.8 Å². The molecule has 1 N–H and O–H groups in total. The van der Waals surface area contributed by atoms with Crippen molar-refractivity contribution in [2.45, 2.75) is 6.92 Å². The molecule has 0 aliphatic carbocycles. The third-order valence-corrected chi connectivity index (χ3v) is 3.34. The molecule has 0 fully saturated rings. The van der Waals surface area contributed by atoms with Gasteiger partial charge in [-0.1, -0.05) is 6.07 Å². The number of hydrogen-bond donors (Lipinski definition) is 1. The number of oxazole rings is 1. The largest absolute Gasteiger partial charge is 0.439 e. The van der Waals surface area contributed by atoms with Crippen LogP contribution in [0.4, 0.5) is 24.5 Å². The third kappa shape index (κ3) is 2.77. The molecule has 0 spiro atoms. The van der Waals surface area contributed by atoms with Crippen molar-refractivity contribution >= 4 is 28.4 Å². The third-order valence-electron chi connectivity index (χ3n) is 3.34. The second kappa shape index (κ2) is 5.89. The Labute approximate surface area is 137 Å². The molecule has 0 aliphatic rings. The summed E-state index contributed by atoms with van der Waals surface area (Å²) in [5.41, 5.74) is -1.68. The van der Waals surface area contributed by atoms with Gasteiger partial charge >= 0.3 is 5.69 Å². The van der Waals surface area contributed by atoms with Gasteiger partial charge in [-0.15, -0.1) is 0 Å². The van der Waals surface area contributed by atoms with E-state index in [4.69, 9.17) is 4.42 Å². The van der Waals surface area contributed by atoms with E-state index in [1.54, 1.807) is 13.0 Å². The number of nitro benzene ring substituents is 1. The van der Waals surface area contributed by atoms with Gasteiger partial charge in [0.15, 0.2) is 17.3 Å². The summed E-state index contributed by atoms with van der Waals surface area (Å²) in [6, 6.07) is 4.88. The van der Waals surface area contributed by atoms with Gasteiger partial charge in [-0.05, 0) is 12.1 Å². The summed E-state index contributed by atoms with van der Waals surface area (Å²) in [5, 5.41) is 13.0. The highest BCUT2D eigenvalue weighted by molar-refractivity contribution is 6.08. The first-order valence-corrected chi connectivity index (χ1v) is 6.79. The molecular formula is C15H8F3N3O4. The van der Waals surface area contributed by atoms with Crippen LogP contribution in [0, 0.1) is 34.5 Å². The van der Waals surface area contributed by atoms with Crippen LogP contribution in [0.25, 0.3) is 11.1 Å². The topological polar surface area (TPSA) is 98.3 Å². The number of para-hydroxylation sites is 1. The van der Waals surface area contributed by atoms with Crippen molar-refractivity contribution in [2.24, 2.45) is 0 Å². The van der Waals surface area contributed by atoms with Crippen molar-refractivity contribution in [3.8, 4) is 0 Å². The Kier molecular flexibility index (Phi) is 3.87.